The maximum Gasteiger partial charge on any atom is 0.320 e. The van der Waals surface area contributed by atoms with Gasteiger partial charge < -0.3 is 10.4 Å². The van der Waals surface area contributed by atoms with Gasteiger partial charge in [-0.1, -0.05) is 24.9 Å². The number of hydrogen-bond acceptors (Lipinski definition) is 3. The van der Waals surface area contributed by atoms with Crippen LogP contribution in [0.3, 0.4) is 0 Å². The fourth-order valence-corrected chi connectivity index (χ4v) is 1.57. The lowest BCUT2D eigenvalue weighted by Gasteiger charge is -2.13. The minimum atomic E-state index is -0.827. The van der Waals surface area contributed by atoms with Crippen LogP contribution in [0, 0.1) is 0 Å². The van der Waals surface area contributed by atoms with Crippen molar-refractivity contribution in [1.82, 2.24) is 10.3 Å². The zero-order valence-electron chi connectivity index (χ0n) is 9.11. The lowest BCUT2D eigenvalue weighted by Crippen LogP contribution is -2.36. The Morgan fingerprint density at radius 2 is 2.44 bits per heavy atom. The summed E-state index contributed by atoms with van der Waals surface area (Å²) in [6.45, 7) is 2.40. The number of nitrogens with one attached hydrogen (secondary N) is 1. The molecule has 16 heavy (non-hydrogen) atoms. The molecule has 0 aromatic carbocycles. The highest BCUT2D eigenvalue weighted by Gasteiger charge is 2.15. The summed E-state index contributed by atoms with van der Waals surface area (Å²) in [5.74, 6) is -0.827. The summed E-state index contributed by atoms with van der Waals surface area (Å²) in [4.78, 5) is 14.8. The second-order valence-electron chi connectivity index (χ2n) is 3.53. The van der Waals surface area contributed by atoms with Gasteiger partial charge in [0, 0.05) is 18.9 Å². The number of carbonyl (C=O) groups is 1. The predicted octanol–water partition coefficient (Wildman–Crippen LogP) is 2.08. The molecule has 88 valence electrons. The molecule has 1 atom stereocenters. The molecule has 1 heterocycles. The second kappa shape index (κ2) is 6.45. The lowest BCUT2D eigenvalue weighted by atomic mass is 10.1. The highest BCUT2D eigenvalue weighted by molar-refractivity contribution is 6.31. The summed E-state index contributed by atoms with van der Waals surface area (Å²) < 4.78 is 0. The Kier molecular flexibility index (Phi) is 5.22. The number of rotatable bonds is 6. The lowest BCUT2D eigenvalue weighted by molar-refractivity contribution is -0.139. The van der Waals surface area contributed by atoms with Crippen LogP contribution in [0.4, 0.5) is 0 Å². The summed E-state index contributed by atoms with van der Waals surface area (Å²) in [6.07, 6.45) is 4.62. The van der Waals surface area contributed by atoms with Crippen LogP contribution in [0.1, 0.15) is 25.3 Å². The van der Waals surface area contributed by atoms with E-state index in [9.17, 15) is 4.79 Å². The average molecular weight is 243 g/mol. The molecule has 4 nitrogen and oxygen atoms in total. The van der Waals surface area contributed by atoms with E-state index in [0.717, 1.165) is 12.0 Å². The van der Waals surface area contributed by atoms with Crippen molar-refractivity contribution in [2.75, 3.05) is 0 Å². The van der Waals surface area contributed by atoms with Crippen LogP contribution in [-0.4, -0.2) is 22.1 Å². The largest absolute Gasteiger partial charge is 0.480 e. The Bertz CT molecular complexity index is 358. The molecular formula is C11H15ClN2O2. The molecule has 0 spiro atoms. The van der Waals surface area contributed by atoms with Crippen molar-refractivity contribution < 1.29 is 9.90 Å². The van der Waals surface area contributed by atoms with E-state index >= 15 is 0 Å². The van der Waals surface area contributed by atoms with Gasteiger partial charge in [-0.25, -0.2) is 0 Å². The Morgan fingerprint density at radius 1 is 1.69 bits per heavy atom. The first-order chi connectivity index (χ1) is 7.65. The van der Waals surface area contributed by atoms with Crippen molar-refractivity contribution in [3.05, 3.63) is 29.0 Å². The molecule has 2 N–H and O–H groups in total. The van der Waals surface area contributed by atoms with E-state index in [0.29, 0.717) is 18.0 Å². The van der Waals surface area contributed by atoms with Gasteiger partial charge in [0.15, 0.2) is 0 Å². The summed E-state index contributed by atoms with van der Waals surface area (Å²) in [6, 6.07) is 1.26. The summed E-state index contributed by atoms with van der Waals surface area (Å²) >= 11 is 5.91. The fourth-order valence-electron chi connectivity index (χ4n) is 1.38. The van der Waals surface area contributed by atoms with Gasteiger partial charge in [-0.3, -0.25) is 9.78 Å². The fraction of sp³-hybridized carbons (Fsp3) is 0.455. The van der Waals surface area contributed by atoms with Gasteiger partial charge in [0.05, 0.1) is 5.02 Å². The number of carboxylic acid groups (broad SMARTS) is 1. The Hall–Kier alpha value is -1.13. The van der Waals surface area contributed by atoms with Crippen LogP contribution in [0.5, 0.6) is 0 Å². The van der Waals surface area contributed by atoms with E-state index in [2.05, 4.69) is 10.3 Å². The minimum Gasteiger partial charge on any atom is -0.480 e. The molecule has 1 aromatic heterocycles. The molecule has 1 unspecified atom stereocenters. The van der Waals surface area contributed by atoms with Crippen LogP contribution < -0.4 is 5.32 Å². The van der Waals surface area contributed by atoms with E-state index in [4.69, 9.17) is 16.7 Å². The minimum absolute atomic E-state index is 0.443. The normalized spacial score (nSPS) is 12.4. The highest BCUT2D eigenvalue weighted by Crippen LogP contribution is 2.13. The van der Waals surface area contributed by atoms with Crippen molar-refractivity contribution in [2.24, 2.45) is 0 Å². The smallest absolute Gasteiger partial charge is 0.320 e. The molecular weight excluding hydrogens is 228 g/mol. The highest BCUT2D eigenvalue weighted by atomic mass is 35.5. The molecule has 0 radical (unpaired) electrons. The number of carboxylic acids is 1. The molecule has 0 aliphatic heterocycles. The molecule has 0 amide bonds. The number of pyridine rings is 1. The van der Waals surface area contributed by atoms with Crippen molar-refractivity contribution in [3.8, 4) is 0 Å². The third kappa shape index (κ3) is 3.79. The molecule has 0 bridgehead atoms. The van der Waals surface area contributed by atoms with Crippen LogP contribution in [0.2, 0.25) is 5.02 Å². The zero-order valence-corrected chi connectivity index (χ0v) is 9.87. The van der Waals surface area contributed by atoms with Crippen molar-refractivity contribution in [2.45, 2.75) is 32.4 Å². The molecule has 1 aromatic rings. The van der Waals surface area contributed by atoms with E-state index in [1.807, 2.05) is 6.92 Å². The number of halogens is 1. The quantitative estimate of drug-likeness (QED) is 0.802. The van der Waals surface area contributed by atoms with Crippen LogP contribution in [0.15, 0.2) is 18.5 Å². The van der Waals surface area contributed by atoms with Crippen LogP contribution in [-0.2, 0) is 11.3 Å². The standard InChI is InChI=1S/C11H15ClN2O2/c1-2-3-10(11(15)16)14-6-8-4-5-13-7-9(8)12/h4-5,7,10,14H,2-3,6H2,1H3,(H,15,16). The summed E-state index contributed by atoms with van der Waals surface area (Å²) in [7, 11) is 0. The summed E-state index contributed by atoms with van der Waals surface area (Å²) in [5.41, 5.74) is 0.860. The van der Waals surface area contributed by atoms with E-state index in [1.54, 1.807) is 18.5 Å². The van der Waals surface area contributed by atoms with E-state index < -0.39 is 12.0 Å². The van der Waals surface area contributed by atoms with Gasteiger partial charge >= 0.3 is 5.97 Å². The third-order valence-electron chi connectivity index (χ3n) is 2.27. The molecule has 0 saturated heterocycles. The van der Waals surface area contributed by atoms with Gasteiger partial charge in [-0.05, 0) is 18.1 Å². The van der Waals surface area contributed by atoms with Crippen LogP contribution in [0.25, 0.3) is 0 Å². The van der Waals surface area contributed by atoms with Crippen LogP contribution >= 0.6 is 11.6 Å². The van der Waals surface area contributed by atoms with Gasteiger partial charge in [0.25, 0.3) is 0 Å². The second-order valence-corrected chi connectivity index (χ2v) is 3.93. The van der Waals surface area contributed by atoms with Crippen molar-refractivity contribution >= 4 is 17.6 Å². The van der Waals surface area contributed by atoms with Gasteiger partial charge in [-0.2, -0.15) is 0 Å². The molecule has 0 saturated carbocycles. The molecule has 0 aliphatic carbocycles. The van der Waals surface area contributed by atoms with Crippen molar-refractivity contribution in [3.63, 3.8) is 0 Å². The monoisotopic (exact) mass is 242 g/mol. The first-order valence-electron chi connectivity index (χ1n) is 5.19. The average Bonchev–Trinajstić information content (AvgIpc) is 2.26. The predicted molar refractivity (Wildman–Crippen MR) is 62.4 cm³/mol. The van der Waals surface area contributed by atoms with Gasteiger partial charge in [-0.15, -0.1) is 0 Å². The first-order valence-corrected chi connectivity index (χ1v) is 5.57. The Balaban J connectivity index is 2.55. The zero-order chi connectivity index (χ0) is 12.0. The Morgan fingerprint density at radius 3 is 3.00 bits per heavy atom. The van der Waals surface area contributed by atoms with Gasteiger partial charge in [0.1, 0.15) is 6.04 Å². The first kappa shape index (κ1) is 12.9. The Labute approximate surface area is 99.6 Å². The molecule has 0 aliphatic rings. The van der Waals surface area contributed by atoms with Crippen molar-refractivity contribution in [1.29, 1.82) is 0 Å². The van der Waals surface area contributed by atoms with E-state index in [-0.39, 0.29) is 0 Å². The van der Waals surface area contributed by atoms with E-state index in [1.165, 1.54) is 0 Å². The SMILES string of the molecule is CCCC(NCc1ccncc1Cl)C(=O)O. The molecule has 0 fully saturated rings. The number of aliphatic carboxylic acids is 1. The molecule has 5 heteroatoms. The molecule has 1 rings (SSSR count). The van der Waals surface area contributed by atoms with Gasteiger partial charge in [0.2, 0.25) is 0 Å². The number of aromatic nitrogens is 1. The maximum atomic E-state index is 10.9. The maximum absolute atomic E-state index is 10.9. The summed E-state index contributed by atoms with van der Waals surface area (Å²) in [5, 5.41) is 12.5. The third-order valence-corrected chi connectivity index (χ3v) is 2.61. The topological polar surface area (TPSA) is 62.2 Å². The number of hydrogen-bond donors (Lipinski definition) is 2. The number of nitrogens with zero attached hydrogens (tertiary/aromatic N) is 1.